The molecule has 0 unspecified atom stereocenters. The van der Waals surface area contributed by atoms with Crippen molar-refractivity contribution in [3.63, 3.8) is 0 Å². The zero-order valence-corrected chi connectivity index (χ0v) is 7.18. The maximum absolute atomic E-state index is 4.81. The van der Waals surface area contributed by atoms with Gasteiger partial charge >= 0.3 is 0 Å². The van der Waals surface area contributed by atoms with E-state index >= 15 is 0 Å². The summed E-state index contributed by atoms with van der Waals surface area (Å²) >= 11 is 0. The second-order valence-electron chi connectivity index (χ2n) is 1.71. The topological polar surface area (TPSA) is 47.0 Å². The van der Waals surface area contributed by atoms with Crippen LogP contribution in [0.1, 0.15) is 0 Å². The molecular formula is C6H10ClN3O. The molecule has 1 heterocycles. The molecule has 0 saturated carbocycles. The van der Waals surface area contributed by atoms with Gasteiger partial charge in [-0.1, -0.05) is 0 Å². The molecule has 0 bridgehead atoms. The number of ether oxygens (including phenoxy) is 1. The molecule has 11 heavy (non-hydrogen) atoms. The van der Waals surface area contributed by atoms with Gasteiger partial charge in [-0.2, -0.15) is 0 Å². The average molecular weight is 176 g/mol. The van der Waals surface area contributed by atoms with Crippen molar-refractivity contribution in [2.45, 2.75) is 0 Å². The standard InChI is InChI=1S/C6H9N3O.ClH/c1-7-5-3-4-6(10-2)9-8-5;/h3-4H,1-2H3,(H,7,8);1H. The molecule has 0 fully saturated rings. The Morgan fingerprint density at radius 2 is 2.09 bits per heavy atom. The third-order valence-corrected chi connectivity index (χ3v) is 1.11. The van der Waals surface area contributed by atoms with Crippen LogP contribution in [-0.2, 0) is 0 Å². The predicted octanol–water partition coefficient (Wildman–Crippen LogP) is 0.949. The number of rotatable bonds is 2. The molecule has 0 aromatic carbocycles. The quantitative estimate of drug-likeness (QED) is 0.727. The Morgan fingerprint density at radius 1 is 1.36 bits per heavy atom. The lowest BCUT2D eigenvalue weighted by Crippen LogP contribution is -1.95. The Hall–Kier alpha value is -1.03. The smallest absolute Gasteiger partial charge is 0.233 e. The van der Waals surface area contributed by atoms with Gasteiger partial charge in [0, 0.05) is 13.1 Å². The lowest BCUT2D eigenvalue weighted by atomic mass is 10.5. The van der Waals surface area contributed by atoms with E-state index in [4.69, 9.17) is 4.74 Å². The van der Waals surface area contributed by atoms with E-state index in [-0.39, 0.29) is 12.4 Å². The zero-order chi connectivity index (χ0) is 7.40. The fourth-order valence-electron chi connectivity index (χ4n) is 0.562. The third-order valence-electron chi connectivity index (χ3n) is 1.11. The Balaban J connectivity index is 0.000001000. The summed E-state index contributed by atoms with van der Waals surface area (Å²) in [7, 11) is 3.35. The monoisotopic (exact) mass is 175 g/mol. The number of nitrogens with zero attached hydrogens (tertiary/aromatic N) is 2. The first-order chi connectivity index (χ1) is 4.86. The number of hydrogen-bond acceptors (Lipinski definition) is 4. The maximum Gasteiger partial charge on any atom is 0.233 e. The van der Waals surface area contributed by atoms with E-state index in [1.54, 1.807) is 26.3 Å². The molecule has 0 spiro atoms. The van der Waals surface area contributed by atoms with Crippen molar-refractivity contribution in [3.8, 4) is 5.88 Å². The largest absolute Gasteiger partial charge is 0.480 e. The second-order valence-corrected chi connectivity index (χ2v) is 1.71. The molecule has 1 N–H and O–H groups in total. The van der Waals surface area contributed by atoms with Crippen LogP contribution in [-0.4, -0.2) is 24.4 Å². The van der Waals surface area contributed by atoms with Crippen molar-refractivity contribution in [2.75, 3.05) is 19.5 Å². The Labute approximate surface area is 71.4 Å². The molecule has 1 rings (SSSR count). The van der Waals surface area contributed by atoms with E-state index in [0.717, 1.165) is 5.82 Å². The highest BCUT2D eigenvalue weighted by atomic mass is 35.5. The number of anilines is 1. The van der Waals surface area contributed by atoms with Crippen LogP contribution in [0.4, 0.5) is 5.82 Å². The van der Waals surface area contributed by atoms with Crippen LogP contribution in [0.25, 0.3) is 0 Å². The summed E-state index contributed by atoms with van der Waals surface area (Å²) in [5.41, 5.74) is 0. The highest BCUT2D eigenvalue weighted by Crippen LogP contribution is 2.05. The van der Waals surface area contributed by atoms with Gasteiger partial charge in [0.1, 0.15) is 5.82 Å². The average Bonchev–Trinajstić information content (AvgIpc) is 2.05. The van der Waals surface area contributed by atoms with Crippen LogP contribution in [0, 0.1) is 0 Å². The van der Waals surface area contributed by atoms with Gasteiger partial charge in [-0.05, 0) is 6.07 Å². The van der Waals surface area contributed by atoms with Crippen LogP contribution in [0.2, 0.25) is 0 Å². The Bertz CT molecular complexity index is 178. The minimum atomic E-state index is 0. The molecule has 0 aliphatic rings. The van der Waals surface area contributed by atoms with E-state index in [1.165, 1.54) is 0 Å². The minimum Gasteiger partial charge on any atom is -0.480 e. The van der Waals surface area contributed by atoms with Gasteiger partial charge in [0.15, 0.2) is 0 Å². The predicted molar refractivity (Wildman–Crippen MR) is 45.4 cm³/mol. The van der Waals surface area contributed by atoms with Crippen LogP contribution in [0.5, 0.6) is 5.88 Å². The van der Waals surface area contributed by atoms with Gasteiger partial charge in [-0.15, -0.1) is 22.6 Å². The number of nitrogens with one attached hydrogen (secondary N) is 1. The number of methoxy groups -OCH3 is 1. The molecule has 0 saturated heterocycles. The molecule has 0 radical (unpaired) electrons. The van der Waals surface area contributed by atoms with Gasteiger partial charge < -0.3 is 10.1 Å². The molecule has 0 atom stereocenters. The van der Waals surface area contributed by atoms with Crippen molar-refractivity contribution in [1.82, 2.24) is 10.2 Å². The van der Waals surface area contributed by atoms with Crippen LogP contribution < -0.4 is 10.1 Å². The summed E-state index contributed by atoms with van der Waals surface area (Å²) in [6, 6.07) is 3.55. The molecule has 5 heteroatoms. The van der Waals surface area contributed by atoms with E-state index in [1.807, 2.05) is 0 Å². The first kappa shape index (κ1) is 9.97. The highest BCUT2D eigenvalue weighted by Gasteiger charge is 1.91. The molecule has 4 nitrogen and oxygen atoms in total. The van der Waals surface area contributed by atoms with Crippen LogP contribution >= 0.6 is 12.4 Å². The van der Waals surface area contributed by atoms with Gasteiger partial charge in [-0.25, -0.2) is 0 Å². The van der Waals surface area contributed by atoms with E-state index in [0.29, 0.717) is 5.88 Å². The summed E-state index contributed by atoms with van der Waals surface area (Å²) in [5, 5.41) is 10.4. The zero-order valence-electron chi connectivity index (χ0n) is 6.37. The molecule has 0 aliphatic carbocycles. The molecule has 1 aromatic rings. The van der Waals surface area contributed by atoms with Crippen molar-refractivity contribution in [2.24, 2.45) is 0 Å². The summed E-state index contributed by atoms with van der Waals surface area (Å²) in [4.78, 5) is 0. The summed E-state index contributed by atoms with van der Waals surface area (Å²) < 4.78 is 4.81. The fraction of sp³-hybridized carbons (Fsp3) is 0.333. The molecule has 0 aliphatic heterocycles. The third kappa shape index (κ3) is 2.59. The van der Waals surface area contributed by atoms with E-state index in [2.05, 4.69) is 15.5 Å². The van der Waals surface area contributed by atoms with Crippen LogP contribution in [0.3, 0.4) is 0 Å². The molecule has 1 aromatic heterocycles. The first-order valence-corrected chi connectivity index (χ1v) is 2.92. The molecule has 62 valence electrons. The van der Waals surface area contributed by atoms with Crippen molar-refractivity contribution in [3.05, 3.63) is 12.1 Å². The highest BCUT2D eigenvalue weighted by molar-refractivity contribution is 5.85. The van der Waals surface area contributed by atoms with E-state index < -0.39 is 0 Å². The summed E-state index contributed by atoms with van der Waals surface area (Å²) in [6.07, 6.45) is 0. The van der Waals surface area contributed by atoms with Crippen molar-refractivity contribution in [1.29, 1.82) is 0 Å². The van der Waals surface area contributed by atoms with Gasteiger partial charge in [0.2, 0.25) is 5.88 Å². The lowest BCUT2D eigenvalue weighted by Gasteiger charge is -1.98. The fourth-order valence-corrected chi connectivity index (χ4v) is 0.562. The maximum atomic E-state index is 4.81. The Kier molecular flexibility index (Phi) is 4.29. The summed E-state index contributed by atoms with van der Waals surface area (Å²) in [6.45, 7) is 0. The van der Waals surface area contributed by atoms with Crippen molar-refractivity contribution < 1.29 is 4.74 Å². The number of hydrogen-bond donors (Lipinski definition) is 1. The van der Waals surface area contributed by atoms with Gasteiger partial charge in [-0.3, -0.25) is 0 Å². The van der Waals surface area contributed by atoms with Crippen LogP contribution in [0.15, 0.2) is 12.1 Å². The summed E-state index contributed by atoms with van der Waals surface area (Å²) in [5.74, 6) is 1.26. The Morgan fingerprint density at radius 3 is 2.45 bits per heavy atom. The van der Waals surface area contributed by atoms with E-state index in [9.17, 15) is 0 Å². The normalized spacial score (nSPS) is 8.18. The number of halogens is 1. The first-order valence-electron chi connectivity index (χ1n) is 2.92. The second kappa shape index (κ2) is 4.73. The number of aromatic nitrogens is 2. The van der Waals surface area contributed by atoms with Crippen molar-refractivity contribution >= 4 is 18.2 Å². The molecule has 0 amide bonds. The lowest BCUT2D eigenvalue weighted by molar-refractivity contribution is 0.392. The minimum absolute atomic E-state index is 0. The van der Waals surface area contributed by atoms with Gasteiger partial charge in [0.05, 0.1) is 7.11 Å². The SMILES string of the molecule is CNc1ccc(OC)nn1.Cl. The van der Waals surface area contributed by atoms with Gasteiger partial charge in [0.25, 0.3) is 0 Å². The molecular weight excluding hydrogens is 166 g/mol.